The molecule has 7 nitrogen and oxygen atoms in total. The number of H-pyrrole nitrogens is 1. The Morgan fingerprint density at radius 1 is 1.53 bits per heavy atom. The third-order valence-corrected chi connectivity index (χ3v) is 3.07. The average molecular weight is 267 g/mol. The first kappa shape index (κ1) is 13.7. The van der Waals surface area contributed by atoms with E-state index in [1.165, 1.54) is 6.20 Å². The second kappa shape index (κ2) is 6.44. The van der Waals surface area contributed by atoms with Crippen LogP contribution in [0.25, 0.3) is 0 Å². The summed E-state index contributed by atoms with van der Waals surface area (Å²) in [6.45, 7) is 1.53. The van der Waals surface area contributed by atoms with Crippen LogP contribution in [0.4, 0.5) is 0 Å². The molecule has 1 aliphatic rings. The van der Waals surface area contributed by atoms with Crippen LogP contribution in [0.2, 0.25) is 0 Å². The van der Waals surface area contributed by atoms with Gasteiger partial charge in [0.2, 0.25) is 0 Å². The summed E-state index contributed by atoms with van der Waals surface area (Å²) in [6.07, 6.45) is 4.02. The quantitative estimate of drug-likeness (QED) is 0.758. The van der Waals surface area contributed by atoms with E-state index in [0.717, 1.165) is 19.0 Å². The van der Waals surface area contributed by atoms with E-state index in [-0.39, 0.29) is 29.9 Å². The van der Waals surface area contributed by atoms with Gasteiger partial charge in [0.15, 0.2) is 0 Å². The van der Waals surface area contributed by atoms with E-state index in [4.69, 9.17) is 9.84 Å². The van der Waals surface area contributed by atoms with Crippen molar-refractivity contribution in [1.29, 1.82) is 0 Å². The molecule has 2 heterocycles. The zero-order chi connectivity index (χ0) is 13.7. The maximum Gasteiger partial charge on any atom is 0.273 e. The molecule has 0 radical (unpaired) electrons. The van der Waals surface area contributed by atoms with Crippen molar-refractivity contribution >= 4 is 5.91 Å². The number of aromatic nitrogens is 2. The molecular weight excluding hydrogens is 250 g/mol. The fourth-order valence-electron chi connectivity index (χ4n) is 2.07. The van der Waals surface area contributed by atoms with E-state index in [1.807, 2.05) is 0 Å². The highest BCUT2D eigenvalue weighted by molar-refractivity contribution is 5.92. The van der Waals surface area contributed by atoms with Gasteiger partial charge in [-0.1, -0.05) is 0 Å². The van der Waals surface area contributed by atoms with Crippen molar-refractivity contribution in [2.45, 2.75) is 18.9 Å². The van der Waals surface area contributed by atoms with Gasteiger partial charge in [-0.3, -0.25) is 9.59 Å². The predicted molar refractivity (Wildman–Crippen MR) is 66.8 cm³/mol. The summed E-state index contributed by atoms with van der Waals surface area (Å²) in [5, 5.41) is 8.68. The molecule has 0 saturated carbocycles. The lowest BCUT2D eigenvalue weighted by Gasteiger charge is -2.31. The minimum Gasteiger partial charge on any atom is -0.394 e. The zero-order valence-electron chi connectivity index (χ0n) is 10.5. The van der Waals surface area contributed by atoms with Crippen LogP contribution in [0, 0.1) is 0 Å². The van der Waals surface area contributed by atoms with Gasteiger partial charge in [0, 0.05) is 19.3 Å². The van der Waals surface area contributed by atoms with Crippen LogP contribution in [-0.2, 0) is 4.74 Å². The smallest absolute Gasteiger partial charge is 0.273 e. The number of piperidine rings is 1. The Kier molecular flexibility index (Phi) is 4.64. The number of rotatable bonds is 4. The Morgan fingerprint density at radius 3 is 2.84 bits per heavy atom. The number of likely N-dealkylation sites (tertiary alicyclic amines) is 1. The molecule has 7 heteroatoms. The molecule has 1 saturated heterocycles. The highest BCUT2D eigenvalue weighted by atomic mass is 16.5. The molecule has 0 spiro atoms. The van der Waals surface area contributed by atoms with Crippen molar-refractivity contribution in [3.63, 3.8) is 0 Å². The van der Waals surface area contributed by atoms with Crippen LogP contribution >= 0.6 is 0 Å². The van der Waals surface area contributed by atoms with Crippen LogP contribution < -0.4 is 5.56 Å². The third-order valence-electron chi connectivity index (χ3n) is 3.07. The maximum atomic E-state index is 12.1. The fraction of sp³-hybridized carbons (Fsp3) is 0.583. The van der Waals surface area contributed by atoms with Gasteiger partial charge in [0.1, 0.15) is 5.69 Å². The topological polar surface area (TPSA) is 95.5 Å². The van der Waals surface area contributed by atoms with Crippen molar-refractivity contribution < 1.29 is 14.6 Å². The summed E-state index contributed by atoms with van der Waals surface area (Å²) < 4.78 is 5.43. The van der Waals surface area contributed by atoms with E-state index in [1.54, 1.807) is 4.90 Å². The van der Waals surface area contributed by atoms with Crippen LogP contribution in [0.3, 0.4) is 0 Å². The first-order valence-corrected chi connectivity index (χ1v) is 6.27. The molecule has 1 fully saturated rings. The molecule has 2 N–H and O–H groups in total. The van der Waals surface area contributed by atoms with Gasteiger partial charge in [-0.2, -0.15) is 0 Å². The summed E-state index contributed by atoms with van der Waals surface area (Å²) in [5.74, 6) is -0.183. The summed E-state index contributed by atoms with van der Waals surface area (Å²) in [7, 11) is 0. The highest BCUT2D eigenvalue weighted by Gasteiger charge is 2.24. The lowest BCUT2D eigenvalue weighted by Crippen LogP contribution is -2.41. The monoisotopic (exact) mass is 267 g/mol. The summed E-state index contributed by atoms with van der Waals surface area (Å²) in [5.41, 5.74) is -0.0815. The predicted octanol–water partition coefficient (Wildman–Crippen LogP) is -0.617. The lowest BCUT2D eigenvalue weighted by atomic mass is 10.1. The minimum atomic E-state index is -0.326. The Morgan fingerprint density at radius 2 is 2.26 bits per heavy atom. The van der Waals surface area contributed by atoms with Crippen molar-refractivity contribution in [3.05, 3.63) is 28.4 Å². The summed E-state index contributed by atoms with van der Waals surface area (Å²) in [4.78, 5) is 30.9. The molecule has 2 rings (SSSR count). The third kappa shape index (κ3) is 3.62. The second-order valence-electron chi connectivity index (χ2n) is 4.38. The Hall–Kier alpha value is -1.73. The number of aliphatic hydroxyl groups is 1. The molecule has 1 aliphatic heterocycles. The number of aliphatic hydroxyl groups excluding tert-OH is 1. The van der Waals surface area contributed by atoms with E-state index < -0.39 is 0 Å². The van der Waals surface area contributed by atoms with Crippen LogP contribution in [0.15, 0.2) is 17.2 Å². The van der Waals surface area contributed by atoms with E-state index in [9.17, 15) is 9.59 Å². The number of ether oxygens (including phenoxy) is 1. The normalized spacial score (nSPS) is 16.6. The Labute approximate surface area is 110 Å². The minimum absolute atomic E-state index is 0.0143. The summed E-state index contributed by atoms with van der Waals surface area (Å²) in [6, 6.07) is 0. The Bertz CT molecular complexity index is 460. The molecule has 104 valence electrons. The number of carbonyl (C=O) groups is 1. The van der Waals surface area contributed by atoms with Gasteiger partial charge in [0.25, 0.3) is 11.5 Å². The van der Waals surface area contributed by atoms with Crippen molar-refractivity contribution in [3.8, 4) is 0 Å². The molecule has 19 heavy (non-hydrogen) atoms. The van der Waals surface area contributed by atoms with Gasteiger partial charge in [-0.15, -0.1) is 0 Å². The molecule has 0 unspecified atom stereocenters. The van der Waals surface area contributed by atoms with Crippen LogP contribution in [0.5, 0.6) is 0 Å². The zero-order valence-corrected chi connectivity index (χ0v) is 10.5. The van der Waals surface area contributed by atoms with Crippen LogP contribution in [0.1, 0.15) is 23.3 Å². The molecule has 1 aromatic heterocycles. The maximum absolute atomic E-state index is 12.1. The van der Waals surface area contributed by atoms with E-state index in [0.29, 0.717) is 19.7 Å². The number of carbonyl (C=O) groups excluding carboxylic acids is 1. The molecule has 0 atom stereocenters. The number of amides is 1. The van der Waals surface area contributed by atoms with Gasteiger partial charge >= 0.3 is 0 Å². The van der Waals surface area contributed by atoms with Crippen LogP contribution in [-0.4, -0.2) is 58.3 Å². The van der Waals surface area contributed by atoms with E-state index in [2.05, 4.69) is 9.97 Å². The lowest BCUT2D eigenvalue weighted by molar-refractivity contribution is -0.00565. The van der Waals surface area contributed by atoms with Gasteiger partial charge < -0.3 is 19.7 Å². The molecule has 0 aliphatic carbocycles. The number of nitrogens with zero attached hydrogens (tertiary/aromatic N) is 2. The van der Waals surface area contributed by atoms with Gasteiger partial charge in [0.05, 0.1) is 25.5 Å². The molecule has 0 aromatic carbocycles. The fourth-order valence-corrected chi connectivity index (χ4v) is 2.07. The Balaban J connectivity index is 1.88. The van der Waals surface area contributed by atoms with E-state index >= 15 is 0 Å². The molecule has 0 bridgehead atoms. The highest BCUT2D eigenvalue weighted by Crippen LogP contribution is 2.15. The molecular formula is C12H17N3O4. The van der Waals surface area contributed by atoms with Crippen molar-refractivity contribution in [2.24, 2.45) is 0 Å². The van der Waals surface area contributed by atoms with Gasteiger partial charge in [-0.05, 0) is 12.8 Å². The SMILES string of the molecule is O=C(c1c[nH]c(=O)cn1)N1CCC(OCCO)CC1. The second-order valence-corrected chi connectivity index (χ2v) is 4.38. The first-order valence-electron chi connectivity index (χ1n) is 6.27. The molecule has 1 amide bonds. The average Bonchev–Trinajstić information content (AvgIpc) is 2.46. The summed E-state index contributed by atoms with van der Waals surface area (Å²) >= 11 is 0. The first-order chi connectivity index (χ1) is 9.20. The number of hydrogen-bond donors (Lipinski definition) is 2. The van der Waals surface area contributed by atoms with Crippen molar-refractivity contribution in [2.75, 3.05) is 26.3 Å². The van der Waals surface area contributed by atoms with Crippen molar-refractivity contribution in [1.82, 2.24) is 14.9 Å². The van der Waals surface area contributed by atoms with Gasteiger partial charge in [-0.25, -0.2) is 4.98 Å². The molecule has 1 aromatic rings. The number of nitrogens with one attached hydrogen (secondary N) is 1. The number of hydrogen-bond acceptors (Lipinski definition) is 5. The largest absolute Gasteiger partial charge is 0.394 e. The standard InChI is InChI=1S/C12H17N3O4/c16-5-6-19-9-1-3-15(4-2-9)12(18)10-7-14-11(17)8-13-10/h7-9,16H,1-6H2,(H,14,17). The number of aromatic amines is 1.